The second kappa shape index (κ2) is 5.26. The van der Waals surface area contributed by atoms with Crippen molar-refractivity contribution in [2.75, 3.05) is 31.6 Å². The Morgan fingerprint density at radius 2 is 2.00 bits per heavy atom. The molecule has 1 fully saturated rings. The van der Waals surface area contributed by atoms with Crippen LogP contribution in [0, 0.1) is 0 Å². The van der Waals surface area contributed by atoms with Gasteiger partial charge in [0.2, 0.25) is 10.0 Å². The van der Waals surface area contributed by atoms with Crippen molar-refractivity contribution >= 4 is 15.7 Å². The average Bonchev–Trinajstić information content (AvgIpc) is 2.39. The third-order valence-corrected chi connectivity index (χ3v) is 4.58. The summed E-state index contributed by atoms with van der Waals surface area (Å²) < 4.78 is 25.5. The van der Waals surface area contributed by atoms with E-state index >= 15 is 0 Å². The Hall–Kier alpha value is -1.11. The summed E-state index contributed by atoms with van der Waals surface area (Å²) >= 11 is 0. The van der Waals surface area contributed by atoms with Crippen LogP contribution in [0.3, 0.4) is 0 Å². The maximum absolute atomic E-state index is 11.6. The van der Waals surface area contributed by atoms with E-state index in [1.54, 1.807) is 12.1 Å². The maximum Gasteiger partial charge on any atom is 0.240 e. The lowest BCUT2D eigenvalue weighted by atomic mass is 10.2. The normalized spacial score (nSPS) is 21.0. The standard InChI is InChI=1S/C12H19N3O2S/c1-10-9-15(8-7-14-10)11-3-5-12(6-4-11)18(16,17)13-2/h3-6,10,13-14H,7-9H2,1-2H3. The molecule has 1 atom stereocenters. The maximum atomic E-state index is 11.6. The summed E-state index contributed by atoms with van der Waals surface area (Å²) in [5, 5.41) is 3.38. The van der Waals surface area contributed by atoms with Crippen molar-refractivity contribution in [2.45, 2.75) is 17.9 Å². The zero-order chi connectivity index (χ0) is 13.2. The molecule has 18 heavy (non-hydrogen) atoms. The van der Waals surface area contributed by atoms with Gasteiger partial charge in [-0.3, -0.25) is 0 Å². The topological polar surface area (TPSA) is 61.4 Å². The van der Waals surface area contributed by atoms with E-state index in [1.165, 1.54) is 7.05 Å². The van der Waals surface area contributed by atoms with Gasteiger partial charge in [0, 0.05) is 31.4 Å². The van der Waals surface area contributed by atoms with Gasteiger partial charge in [-0.2, -0.15) is 0 Å². The number of benzene rings is 1. The van der Waals surface area contributed by atoms with Crippen LogP contribution < -0.4 is 14.9 Å². The number of sulfonamides is 1. The Balaban J connectivity index is 2.17. The molecule has 2 rings (SSSR count). The number of hydrogen-bond donors (Lipinski definition) is 2. The summed E-state index contributed by atoms with van der Waals surface area (Å²) in [6, 6.07) is 7.48. The third-order valence-electron chi connectivity index (χ3n) is 3.15. The number of hydrogen-bond acceptors (Lipinski definition) is 4. The highest BCUT2D eigenvalue weighted by atomic mass is 32.2. The van der Waals surface area contributed by atoms with E-state index in [-0.39, 0.29) is 0 Å². The van der Waals surface area contributed by atoms with Gasteiger partial charge in [0.1, 0.15) is 0 Å². The van der Waals surface area contributed by atoms with E-state index < -0.39 is 10.0 Å². The molecular formula is C12H19N3O2S. The predicted octanol–water partition coefficient (Wildman–Crippen LogP) is 0.393. The Morgan fingerprint density at radius 1 is 1.33 bits per heavy atom. The van der Waals surface area contributed by atoms with Crippen molar-refractivity contribution in [3.63, 3.8) is 0 Å². The van der Waals surface area contributed by atoms with Gasteiger partial charge >= 0.3 is 0 Å². The molecule has 1 unspecified atom stereocenters. The summed E-state index contributed by atoms with van der Waals surface area (Å²) in [6.07, 6.45) is 0. The van der Waals surface area contributed by atoms with Crippen LogP contribution in [0.25, 0.3) is 0 Å². The van der Waals surface area contributed by atoms with Gasteiger partial charge in [0.15, 0.2) is 0 Å². The summed E-state index contributed by atoms with van der Waals surface area (Å²) in [5.74, 6) is 0. The summed E-state index contributed by atoms with van der Waals surface area (Å²) in [5.41, 5.74) is 1.07. The van der Waals surface area contributed by atoms with Crippen molar-refractivity contribution in [1.29, 1.82) is 0 Å². The van der Waals surface area contributed by atoms with E-state index in [0.29, 0.717) is 10.9 Å². The van der Waals surface area contributed by atoms with Gasteiger partial charge in [0.25, 0.3) is 0 Å². The van der Waals surface area contributed by atoms with Crippen LogP contribution in [-0.2, 0) is 10.0 Å². The molecule has 2 N–H and O–H groups in total. The van der Waals surface area contributed by atoms with Crippen molar-refractivity contribution in [2.24, 2.45) is 0 Å². The third kappa shape index (κ3) is 2.82. The van der Waals surface area contributed by atoms with Gasteiger partial charge in [0.05, 0.1) is 4.90 Å². The zero-order valence-corrected chi connectivity index (χ0v) is 11.5. The van der Waals surface area contributed by atoms with Crippen LogP contribution in [0.15, 0.2) is 29.2 Å². The lowest BCUT2D eigenvalue weighted by Gasteiger charge is -2.33. The molecule has 1 heterocycles. The number of piperazine rings is 1. The van der Waals surface area contributed by atoms with Gasteiger partial charge in [-0.05, 0) is 38.2 Å². The van der Waals surface area contributed by atoms with E-state index in [2.05, 4.69) is 21.9 Å². The second-order valence-electron chi connectivity index (χ2n) is 4.50. The van der Waals surface area contributed by atoms with Crippen molar-refractivity contribution in [1.82, 2.24) is 10.0 Å². The highest BCUT2D eigenvalue weighted by Crippen LogP contribution is 2.19. The first kappa shape index (κ1) is 13.3. The summed E-state index contributed by atoms with van der Waals surface area (Å²) in [4.78, 5) is 2.56. The minimum absolute atomic E-state index is 0.303. The molecule has 1 aromatic carbocycles. The van der Waals surface area contributed by atoms with Crippen LogP contribution >= 0.6 is 0 Å². The largest absolute Gasteiger partial charge is 0.369 e. The molecule has 0 spiro atoms. The SMILES string of the molecule is CNS(=O)(=O)c1ccc(N2CCNC(C)C2)cc1. The van der Waals surface area contributed by atoms with E-state index in [1.807, 2.05) is 12.1 Å². The molecule has 0 bridgehead atoms. The fourth-order valence-electron chi connectivity index (χ4n) is 2.12. The number of nitrogens with one attached hydrogen (secondary N) is 2. The summed E-state index contributed by atoms with van der Waals surface area (Å²) in [7, 11) is -1.92. The molecule has 100 valence electrons. The number of anilines is 1. The predicted molar refractivity (Wildman–Crippen MR) is 72.4 cm³/mol. The Labute approximate surface area is 108 Å². The molecule has 0 radical (unpaired) electrons. The highest BCUT2D eigenvalue weighted by Gasteiger charge is 2.17. The Kier molecular flexibility index (Phi) is 3.89. The molecular weight excluding hydrogens is 250 g/mol. The molecule has 6 heteroatoms. The van der Waals surface area contributed by atoms with E-state index in [4.69, 9.17) is 0 Å². The smallest absolute Gasteiger partial charge is 0.240 e. The van der Waals surface area contributed by atoms with Crippen LogP contribution in [-0.4, -0.2) is 41.1 Å². The Morgan fingerprint density at radius 3 is 2.56 bits per heavy atom. The van der Waals surface area contributed by atoms with Crippen molar-refractivity contribution < 1.29 is 8.42 Å². The first-order valence-electron chi connectivity index (χ1n) is 6.05. The zero-order valence-electron chi connectivity index (χ0n) is 10.7. The molecule has 0 aromatic heterocycles. The molecule has 1 aliphatic rings. The number of rotatable bonds is 3. The monoisotopic (exact) mass is 269 g/mol. The first-order chi connectivity index (χ1) is 8.53. The first-order valence-corrected chi connectivity index (χ1v) is 7.53. The van der Waals surface area contributed by atoms with Gasteiger partial charge in [-0.1, -0.05) is 0 Å². The fourth-order valence-corrected chi connectivity index (χ4v) is 2.85. The molecule has 5 nitrogen and oxygen atoms in total. The molecule has 0 amide bonds. The quantitative estimate of drug-likeness (QED) is 0.833. The lowest BCUT2D eigenvalue weighted by molar-refractivity contribution is 0.485. The van der Waals surface area contributed by atoms with E-state index in [0.717, 1.165) is 25.3 Å². The Bertz CT molecular complexity index is 499. The van der Waals surface area contributed by atoms with Crippen LogP contribution in [0.2, 0.25) is 0 Å². The molecule has 0 saturated carbocycles. The molecule has 1 aromatic rings. The van der Waals surface area contributed by atoms with Gasteiger partial charge < -0.3 is 10.2 Å². The fraction of sp³-hybridized carbons (Fsp3) is 0.500. The second-order valence-corrected chi connectivity index (χ2v) is 6.39. The highest BCUT2D eigenvalue weighted by molar-refractivity contribution is 7.89. The molecule has 0 aliphatic carbocycles. The van der Waals surface area contributed by atoms with Gasteiger partial charge in [-0.15, -0.1) is 0 Å². The minimum atomic E-state index is -3.34. The molecule has 1 aliphatic heterocycles. The number of nitrogens with zero attached hydrogens (tertiary/aromatic N) is 1. The molecule has 1 saturated heterocycles. The summed E-state index contributed by atoms with van der Waals surface area (Å²) in [6.45, 7) is 4.99. The van der Waals surface area contributed by atoms with Crippen LogP contribution in [0.1, 0.15) is 6.92 Å². The minimum Gasteiger partial charge on any atom is -0.369 e. The van der Waals surface area contributed by atoms with E-state index in [9.17, 15) is 8.42 Å². The van der Waals surface area contributed by atoms with Crippen LogP contribution in [0.5, 0.6) is 0 Å². The lowest BCUT2D eigenvalue weighted by Crippen LogP contribution is -2.49. The van der Waals surface area contributed by atoms with Crippen molar-refractivity contribution in [3.8, 4) is 0 Å². The average molecular weight is 269 g/mol. The van der Waals surface area contributed by atoms with Crippen LogP contribution in [0.4, 0.5) is 5.69 Å². The van der Waals surface area contributed by atoms with Gasteiger partial charge in [-0.25, -0.2) is 13.1 Å². The van der Waals surface area contributed by atoms with Crippen molar-refractivity contribution in [3.05, 3.63) is 24.3 Å².